The van der Waals surface area contributed by atoms with Crippen molar-refractivity contribution in [2.24, 2.45) is 5.73 Å². The van der Waals surface area contributed by atoms with E-state index in [9.17, 15) is 0 Å². The topological polar surface area (TPSA) is 64.9 Å². The Morgan fingerprint density at radius 2 is 2.06 bits per heavy atom. The molecule has 0 aliphatic carbocycles. The standard InChI is InChI=1S/C13H16BrN3O/c1-2-10(8-15)13-16-12(17-18-13)7-9-3-5-11(14)6-4-9/h3-6,10H,2,7-8,15H2,1H3. The van der Waals surface area contributed by atoms with Gasteiger partial charge in [0.1, 0.15) is 0 Å². The lowest BCUT2D eigenvalue weighted by molar-refractivity contribution is 0.348. The molecule has 1 atom stereocenters. The molecule has 0 fully saturated rings. The molecular weight excluding hydrogens is 294 g/mol. The molecule has 0 bridgehead atoms. The molecule has 0 aliphatic heterocycles. The lowest BCUT2D eigenvalue weighted by Crippen LogP contribution is -2.11. The largest absolute Gasteiger partial charge is 0.339 e. The van der Waals surface area contributed by atoms with Crippen molar-refractivity contribution in [3.05, 3.63) is 46.0 Å². The normalized spacial score (nSPS) is 12.6. The SMILES string of the molecule is CCC(CN)c1nc(Cc2ccc(Br)cc2)no1. The fourth-order valence-corrected chi connectivity index (χ4v) is 2.00. The summed E-state index contributed by atoms with van der Waals surface area (Å²) < 4.78 is 6.32. The number of aromatic nitrogens is 2. The van der Waals surface area contributed by atoms with Crippen molar-refractivity contribution in [2.45, 2.75) is 25.7 Å². The molecule has 0 radical (unpaired) electrons. The molecule has 0 aliphatic rings. The average Bonchev–Trinajstić information content (AvgIpc) is 2.82. The van der Waals surface area contributed by atoms with Crippen LogP contribution >= 0.6 is 15.9 Å². The van der Waals surface area contributed by atoms with E-state index in [0.29, 0.717) is 24.7 Å². The molecule has 0 saturated heterocycles. The van der Waals surface area contributed by atoms with Crippen molar-refractivity contribution in [3.63, 3.8) is 0 Å². The highest BCUT2D eigenvalue weighted by Gasteiger charge is 2.15. The first kappa shape index (κ1) is 13.2. The van der Waals surface area contributed by atoms with Crippen LogP contribution in [0.5, 0.6) is 0 Å². The number of halogens is 1. The Kier molecular flexibility index (Phi) is 4.49. The molecule has 96 valence electrons. The maximum absolute atomic E-state index is 5.66. The van der Waals surface area contributed by atoms with E-state index in [0.717, 1.165) is 16.5 Å². The van der Waals surface area contributed by atoms with Gasteiger partial charge in [0.25, 0.3) is 0 Å². The van der Waals surface area contributed by atoms with E-state index < -0.39 is 0 Å². The summed E-state index contributed by atoms with van der Waals surface area (Å²) in [6, 6.07) is 8.09. The molecule has 2 rings (SSSR count). The van der Waals surface area contributed by atoms with Crippen molar-refractivity contribution in [2.75, 3.05) is 6.54 Å². The predicted molar refractivity (Wildman–Crippen MR) is 73.3 cm³/mol. The van der Waals surface area contributed by atoms with Crippen LogP contribution in [0.3, 0.4) is 0 Å². The van der Waals surface area contributed by atoms with E-state index in [2.05, 4.69) is 33.0 Å². The van der Waals surface area contributed by atoms with Crippen molar-refractivity contribution in [3.8, 4) is 0 Å². The highest BCUT2D eigenvalue weighted by atomic mass is 79.9. The first-order chi connectivity index (χ1) is 8.72. The second-order valence-electron chi connectivity index (χ2n) is 4.19. The van der Waals surface area contributed by atoms with Crippen molar-refractivity contribution >= 4 is 15.9 Å². The minimum atomic E-state index is 0.163. The number of nitrogens with zero attached hydrogens (tertiary/aromatic N) is 2. The molecular formula is C13H16BrN3O. The first-order valence-corrected chi connectivity index (χ1v) is 6.79. The van der Waals surface area contributed by atoms with Crippen LogP contribution in [0, 0.1) is 0 Å². The van der Waals surface area contributed by atoms with Gasteiger partial charge in [0, 0.05) is 17.4 Å². The van der Waals surface area contributed by atoms with E-state index >= 15 is 0 Å². The Bertz CT molecular complexity index is 491. The Hall–Kier alpha value is -1.20. The Morgan fingerprint density at radius 3 is 2.67 bits per heavy atom. The molecule has 0 amide bonds. The van der Waals surface area contributed by atoms with Gasteiger partial charge in [-0.2, -0.15) is 4.98 Å². The number of nitrogens with two attached hydrogens (primary N) is 1. The molecule has 2 N–H and O–H groups in total. The third kappa shape index (κ3) is 3.17. The summed E-state index contributed by atoms with van der Waals surface area (Å²) in [7, 11) is 0. The average molecular weight is 310 g/mol. The maximum atomic E-state index is 5.66. The van der Waals surface area contributed by atoms with Crippen LogP contribution in [0.4, 0.5) is 0 Å². The maximum Gasteiger partial charge on any atom is 0.231 e. The molecule has 0 spiro atoms. The van der Waals surface area contributed by atoms with Crippen molar-refractivity contribution in [1.29, 1.82) is 0 Å². The van der Waals surface area contributed by atoms with Gasteiger partial charge in [0.05, 0.1) is 5.92 Å². The number of hydrogen-bond donors (Lipinski definition) is 1. The van der Waals surface area contributed by atoms with E-state index in [1.807, 2.05) is 24.3 Å². The lowest BCUT2D eigenvalue weighted by Gasteiger charge is -2.04. The quantitative estimate of drug-likeness (QED) is 0.922. The van der Waals surface area contributed by atoms with E-state index in [4.69, 9.17) is 10.3 Å². The molecule has 5 heteroatoms. The molecule has 4 nitrogen and oxygen atoms in total. The van der Waals surface area contributed by atoms with Gasteiger partial charge < -0.3 is 10.3 Å². The molecule has 2 aromatic rings. The summed E-state index contributed by atoms with van der Waals surface area (Å²) in [5.41, 5.74) is 6.82. The van der Waals surface area contributed by atoms with Gasteiger partial charge in [0.2, 0.25) is 5.89 Å². The van der Waals surface area contributed by atoms with E-state index in [-0.39, 0.29) is 5.92 Å². The smallest absolute Gasteiger partial charge is 0.231 e. The molecule has 18 heavy (non-hydrogen) atoms. The lowest BCUT2D eigenvalue weighted by atomic mass is 10.1. The molecule has 1 aromatic carbocycles. The van der Waals surface area contributed by atoms with Crippen molar-refractivity contribution < 1.29 is 4.52 Å². The zero-order valence-corrected chi connectivity index (χ0v) is 11.9. The van der Waals surface area contributed by atoms with Gasteiger partial charge in [-0.25, -0.2) is 0 Å². The summed E-state index contributed by atoms with van der Waals surface area (Å²) in [6.45, 7) is 2.60. The Labute approximate surface area is 115 Å². The second-order valence-corrected chi connectivity index (χ2v) is 5.11. The van der Waals surface area contributed by atoms with Gasteiger partial charge in [-0.1, -0.05) is 40.1 Å². The van der Waals surface area contributed by atoms with E-state index in [1.165, 1.54) is 0 Å². The van der Waals surface area contributed by atoms with Crippen LogP contribution in [-0.4, -0.2) is 16.7 Å². The van der Waals surface area contributed by atoms with E-state index in [1.54, 1.807) is 0 Å². The van der Waals surface area contributed by atoms with Crippen LogP contribution in [-0.2, 0) is 6.42 Å². The zero-order chi connectivity index (χ0) is 13.0. The number of benzene rings is 1. The van der Waals surface area contributed by atoms with Gasteiger partial charge in [-0.15, -0.1) is 0 Å². The van der Waals surface area contributed by atoms with Crippen LogP contribution in [0.25, 0.3) is 0 Å². The first-order valence-electron chi connectivity index (χ1n) is 6.00. The fourth-order valence-electron chi connectivity index (χ4n) is 1.73. The zero-order valence-electron chi connectivity index (χ0n) is 10.3. The van der Waals surface area contributed by atoms with Crippen LogP contribution < -0.4 is 5.73 Å². The fraction of sp³-hybridized carbons (Fsp3) is 0.385. The highest BCUT2D eigenvalue weighted by molar-refractivity contribution is 9.10. The Balaban J connectivity index is 2.08. The molecule has 1 unspecified atom stereocenters. The van der Waals surface area contributed by atoms with Gasteiger partial charge in [-0.3, -0.25) is 0 Å². The minimum Gasteiger partial charge on any atom is -0.339 e. The molecule has 1 heterocycles. The van der Waals surface area contributed by atoms with Gasteiger partial charge >= 0.3 is 0 Å². The van der Waals surface area contributed by atoms with Gasteiger partial charge in [-0.05, 0) is 24.1 Å². The number of rotatable bonds is 5. The Morgan fingerprint density at radius 1 is 1.33 bits per heavy atom. The predicted octanol–water partition coefficient (Wildman–Crippen LogP) is 2.88. The number of hydrogen-bond acceptors (Lipinski definition) is 4. The summed E-state index contributed by atoms with van der Waals surface area (Å²) in [5.74, 6) is 1.52. The van der Waals surface area contributed by atoms with Crippen LogP contribution in [0.15, 0.2) is 33.3 Å². The third-order valence-corrected chi connectivity index (χ3v) is 3.41. The highest BCUT2D eigenvalue weighted by Crippen LogP contribution is 2.17. The summed E-state index contributed by atoms with van der Waals surface area (Å²) >= 11 is 3.41. The third-order valence-electron chi connectivity index (χ3n) is 2.89. The molecule has 1 aromatic heterocycles. The monoisotopic (exact) mass is 309 g/mol. The van der Waals surface area contributed by atoms with Crippen LogP contribution in [0.1, 0.15) is 36.5 Å². The second kappa shape index (κ2) is 6.11. The van der Waals surface area contributed by atoms with Crippen molar-refractivity contribution in [1.82, 2.24) is 10.1 Å². The van der Waals surface area contributed by atoms with Crippen LogP contribution in [0.2, 0.25) is 0 Å². The van der Waals surface area contributed by atoms with Gasteiger partial charge in [0.15, 0.2) is 5.82 Å². The minimum absolute atomic E-state index is 0.163. The summed E-state index contributed by atoms with van der Waals surface area (Å²) in [5, 5.41) is 4.00. The molecule has 0 saturated carbocycles. The summed E-state index contributed by atoms with van der Waals surface area (Å²) in [6.07, 6.45) is 1.59. The summed E-state index contributed by atoms with van der Waals surface area (Å²) in [4.78, 5) is 4.40.